The number of hydrogen-bond acceptors (Lipinski definition) is 2. The zero-order chi connectivity index (χ0) is 13.3. The number of aromatic nitrogens is 2. The minimum Gasteiger partial charge on any atom is -0.316 e. The van der Waals surface area contributed by atoms with Crippen molar-refractivity contribution in [2.45, 2.75) is 52.0 Å². The lowest BCUT2D eigenvalue weighted by Gasteiger charge is -2.34. The summed E-state index contributed by atoms with van der Waals surface area (Å²) in [6, 6.07) is 0.486. The van der Waals surface area contributed by atoms with E-state index in [9.17, 15) is 0 Å². The molecule has 1 heterocycles. The molecule has 0 radical (unpaired) electrons. The molecule has 2 rings (SSSR count). The molecular formula is C14H24ClN3. The van der Waals surface area contributed by atoms with Crippen molar-refractivity contribution in [2.75, 3.05) is 7.05 Å². The molecule has 4 heteroatoms. The molecule has 0 aromatic carbocycles. The van der Waals surface area contributed by atoms with Gasteiger partial charge in [-0.3, -0.25) is 4.68 Å². The van der Waals surface area contributed by atoms with E-state index >= 15 is 0 Å². The van der Waals surface area contributed by atoms with Gasteiger partial charge in [0.2, 0.25) is 0 Å². The van der Waals surface area contributed by atoms with Gasteiger partial charge in [0.15, 0.2) is 0 Å². The van der Waals surface area contributed by atoms with Crippen molar-refractivity contribution < 1.29 is 0 Å². The molecule has 3 nitrogen and oxygen atoms in total. The van der Waals surface area contributed by atoms with E-state index in [4.69, 9.17) is 11.6 Å². The standard InChI is InChI=1S/C14H24ClN3/c1-10-11(13(15)18(4)17-10)9-12(16-3)14(2)7-5-6-8-14/h12,16H,5-9H2,1-4H3. The molecule has 0 amide bonds. The maximum absolute atomic E-state index is 6.34. The lowest BCUT2D eigenvalue weighted by molar-refractivity contribution is 0.229. The summed E-state index contributed by atoms with van der Waals surface area (Å²) >= 11 is 6.34. The third-order valence-electron chi connectivity index (χ3n) is 4.61. The molecule has 1 unspecified atom stereocenters. The van der Waals surface area contributed by atoms with E-state index in [1.807, 2.05) is 14.0 Å². The highest BCUT2D eigenvalue weighted by atomic mass is 35.5. The van der Waals surface area contributed by atoms with Gasteiger partial charge in [-0.15, -0.1) is 0 Å². The van der Waals surface area contributed by atoms with Gasteiger partial charge in [-0.1, -0.05) is 31.4 Å². The quantitative estimate of drug-likeness (QED) is 0.910. The molecule has 1 fully saturated rings. The van der Waals surface area contributed by atoms with Gasteiger partial charge in [-0.05, 0) is 38.6 Å². The zero-order valence-corrected chi connectivity index (χ0v) is 12.6. The maximum atomic E-state index is 6.34. The van der Waals surface area contributed by atoms with Gasteiger partial charge >= 0.3 is 0 Å². The van der Waals surface area contributed by atoms with Crippen LogP contribution in [0.4, 0.5) is 0 Å². The molecule has 102 valence electrons. The summed E-state index contributed by atoms with van der Waals surface area (Å²) in [6.07, 6.45) is 6.32. The number of halogens is 1. The van der Waals surface area contributed by atoms with Gasteiger partial charge in [-0.25, -0.2) is 0 Å². The van der Waals surface area contributed by atoms with E-state index in [2.05, 4.69) is 24.4 Å². The van der Waals surface area contributed by atoms with Crippen LogP contribution in [0.2, 0.25) is 5.15 Å². The van der Waals surface area contributed by atoms with Crippen molar-refractivity contribution in [2.24, 2.45) is 12.5 Å². The number of hydrogen-bond donors (Lipinski definition) is 1. The van der Waals surface area contributed by atoms with Gasteiger partial charge in [0.1, 0.15) is 5.15 Å². The summed E-state index contributed by atoms with van der Waals surface area (Å²) in [5.74, 6) is 0. The van der Waals surface area contributed by atoms with Crippen LogP contribution in [0.25, 0.3) is 0 Å². The molecule has 0 saturated heterocycles. The van der Waals surface area contributed by atoms with E-state index in [0.717, 1.165) is 17.3 Å². The summed E-state index contributed by atoms with van der Waals surface area (Å²) in [7, 11) is 3.97. The maximum Gasteiger partial charge on any atom is 0.130 e. The first kappa shape index (κ1) is 13.9. The van der Waals surface area contributed by atoms with Crippen LogP contribution in [0.3, 0.4) is 0 Å². The molecule has 0 aliphatic heterocycles. The van der Waals surface area contributed by atoms with Crippen LogP contribution < -0.4 is 5.32 Å². The molecule has 0 spiro atoms. The van der Waals surface area contributed by atoms with E-state index in [1.54, 1.807) is 4.68 Å². The van der Waals surface area contributed by atoms with Crippen molar-refractivity contribution in [3.63, 3.8) is 0 Å². The predicted molar refractivity (Wildman–Crippen MR) is 76.1 cm³/mol. The zero-order valence-electron chi connectivity index (χ0n) is 11.9. The van der Waals surface area contributed by atoms with E-state index in [1.165, 1.54) is 31.2 Å². The van der Waals surface area contributed by atoms with Gasteiger partial charge in [0.25, 0.3) is 0 Å². The minimum absolute atomic E-state index is 0.403. The highest BCUT2D eigenvalue weighted by Gasteiger charge is 2.36. The Morgan fingerprint density at radius 1 is 1.44 bits per heavy atom. The summed E-state index contributed by atoms with van der Waals surface area (Å²) in [5.41, 5.74) is 2.66. The van der Waals surface area contributed by atoms with Gasteiger partial charge < -0.3 is 5.32 Å². The highest BCUT2D eigenvalue weighted by Crippen LogP contribution is 2.42. The summed E-state index contributed by atoms with van der Waals surface area (Å²) in [6.45, 7) is 4.45. The van der Waals surface area contributed by atoms with Crippen molar-refractivity contribution in [1.82, 2.24) is 15.1 Å². The lowest BCUT2D eigenvalue weighted by atomic mass is 9.78. The monoisotopic (exact) mass is 269 g/mol. The minimum atomic E-state index is 0.403. The van der Waals surface area contributed by atoms with E-state index < -0.39 is 0 Å². The fourth-order valence-electron chi connectivity index (χ4n) is 3.34. The second kappa shape index (κ2) is 5.22. The van der Waals surface area contributed by atoms with Crippen LogP contribution in [0.1, 0.15) is 43.9 Å². The third-order valence-corrected chi connectivity index (χ3v) is 5.09. The first-order valence-electron chi connectivity index (χ1n) is 6.83. The van der Waals surface area contributed by atoms with Crippen LogP contribution in [-0.2, 0) is 13.5 Å². The second-order valence-corrected chi connectivity index (χ2v) is 6.24. The van der Waals surface area contributed by atoms with Crippen LogP contribution in [0.15, 0.2) is 0 Å². The number of nitrogens with one attached hydrogen (secondary N) is 1. The molecule has 1 atom stereocenters. The number of aryl methyl sites for hydroxylation is 2. The molecule has 1 saturated carbocycles. The molecule has 1 aliphatic carbocycles. The topological polar surface area (TPSA) is 29.9 Å². The van der Waals surface area contributed by atoms with Gasteiger partial charge in [0.05, 0.1) is 5.69 Å². The third kappa shape index (κ3) is 2.43. The Bertz CT molecular complexity index is 419. The number of nitrogens with zero attached hydrogens (tertiary/aromatic N) is 2. The molecular weight excluding hydrogens is 246 g/mol. The first-order valence-corrected chi connectivity index (χ1v) is 7.21. The second-order valence-electron chi connectivity index (χ2n) is 5.88. The molecule has 1 aliphatic rings. The van der Waals surface area contributed by atoms with Gasteiger partial charge in [0, 0.05) is 18.7 Å². The Labute approximate surface area is 115 Å². The Balaban J connectivity index is 2.20. The fraction of sp³-hybridized carbons (Fsp3) is 0.786. The normalized spacial score (nSPS) is 20.3. The van der Waals surface area contributed by atoms with Crippen LogP contribution in [0.5, 0.6) is 0 Å². The van der Waals surface area contributed by atoms with Gasteiger partial charge in [-0.2, -0.15) is 5.10 Å². The van der Waals surface area contributed by atoms with E-state index in [0.29, 0.717) is 11.5 Å². The molecule has 1 aromatic heterocycles. The largest absolute Gasteiger partial charge is 0.316 e. The number of likely N-dealkylation sites (N-methyl/N-ethyl adjacent to an activating group) is 1. The highest BCUT2D eigenvalue weighted by molar-refractivity contribution is 6.30. The molecule has 18 heavy (non-hydrogen) atoms. The average Bonchev–Trinajstić information content (AvgIpc) is 2.85. The number of rotatable bonds is 4. The van der Waals surface area contributed by atoms with Crippen LogP contribution >= 0.6 is 11.6 Å². The van der Waals surface area contributed by atoms with Crippen molar-refractivity contribution in [3.05, 3.63) is 16.4 Å². The summed E-state index contributed by atoms with van der Waals surface area (Å²) < 4.78 is 1.77. The molecule has 0 bridgehead atoms. The SMILES string of the molecule is CNC(Cc1c(C)nn(C)c1Cl)C1(C)CCCC1. The smallest absolute Gasteiger partial charge is 0.130 e. The predicted octanol–water partition coefficient (Wildman–Crippen LogP) is 3.09. The molecule has 1 N–H and O–H groups in total. The van der Waals surface area contributed by atoms with Crippen LogP contribution in [0, 0.1) is 12.3 Å². The van der Waals surface area contributed by atoms with Crippen molar-refractivity contribution in [1.29, 1.82) is 0 Å². The van der Waals surface area contributed by atoms with Crippen molar-refractivity contribution >= 4 is 11.6 Å². The summed E-state index contributed by atoms with van der Waals surface area (Å²) in [4.78, 5) is 0. The first-order chi connectivity index (χ1) is 8.48. The summed E-state index contributed by atoms with van der Waals surface area (Å²) in [5, 5.41) is 8.69. The molecule has 1 aromatic rings. The van der Waals surface area contributed by atoms with E-state index in [-0.39, 0.29) is 0 Å². The van der Waals surface area contributed by atoms with Crippen LogP contribution in [-0.4, -0.2) is 22.9 Å². The van der Waals surface area contributed by atoms with Crippen molar-refractivity contribution in [3.8, 4) is 0 Å². The Morgan fingerprint density at radius 2 is 2.06 bits per heavy atom. The Hall–Kier alpha value is -0.540. The fourth-order valence-corrected chi connectivity index (χ4v) is 3.59. The average molecular weight is 270 g/mol. The lowest BCUT2D eigenvalue weighted by Crippen LogP contribution is -2.42. The Morgan fingerprint density at radius 3 is 2.50 bits per heavy atom. The Kier molecular flexibility index (Phi) is 4.02.